The monoisotopic (exact) mass is 348 g/mol. The molecule has 138 valence electrons. The van der Waals surface area contributed by atoms with Gasteiger partial charge >= 0.3 is 0 Å². The fourth-order valence-corrected chi connectivity index (χ4v) is 7.44. The molecule has 0 aromatic heterocycles. The maximum atomic E-state index is 7.13. The molecule has 3 rings (SSSR count). The highest BCUT2D eigenvalue weighted by Crippen LogP contribution is 2.68. The van der Waals surface area contributed by atoms with E-state index in [-0.39, 0.29) is 10.5 Å². The lowest BCUT2D eigenvalue weighted by molar-refractivity contribution is 0.102. The van der Waals surface area contributed by atoms with Gasteiger partial charge in [0.2, 0.25) is 0 Å². The van der Waals surface area contributed by atoms with Gasteiger partial charge in [-0.1, -0.05) is 60.5 Å². The maximum Gasteiger partial charge on any atom is 0.192 e. The molecule has 1 unspecified atom stereocenters. The zero-order chi connectivity index (χ0) is 18.2. The Kier molecular flexibility index (Phi) is 4.07. The Balaban J connectivity index is 2.06. The molecule has 24 heavy (non-hydrogen) atoms. The molecule has 0 aromatic carbocycles. The molecular formula is C22H40OSi. The summed E-state index contributed by atoms with van der Waals surface area (Å²) in [5, 5.41) is 0.280. The van der Waals surface area contributed by atoms with Crippen molar-refractivity contribution in [3.05, 3.63) is 11.1 Å². The van der Waals surface area contributed by atoms with Gasteiger partial charge in [0.05, 0.1) is 6.10 Å². The molecule has 0 heterocycles. The molecule has 2 fully saturated rings. The first-order valence-corrected chi connectivity index (χ1v) is 13.0. The van der Waals surface area contributed by atoms with E-state index in [1.165, 1.54) is 38.5 Å². The van der Waals surface area contributed by atoms with Crippen LogP contribution in [0.5, 0.6) is 0 Å². The highest BCUT2D eigenvalue weighted by Gasteiger charge is 2.61. The second-order valence-electron chi connectivity index (χ2n) is 11.8. The van der Waals surface area contributed by atoms with Gasteiger partial charge in [-0.25, -0.2) is 0 Å². The van der Waals surface area contributed by atoms with Crippen molar-refractivity contribution >= 4 is 8.32 Å². The zero-order valence-electron chi connectivity index (χ0n) is 17.7. The molecule has 0 radical (unpaired) electrons. The first-order chi connectivity index (χ1) is 10.7. The van der Waals surface area contributed by atoms with Crippen LogP contribution in [0.4, 0.5) is 0 Å². The van der Waals surface area contributed by atoms with Gasteiger partial charge in [0.25, 0.3) is 0 Å². The van der Waals surface area contributed by atoms with Crippen LogP contribution in [-0.4, -0.2) is 14.4 Å². The summed E-state index contributed by atoms with van der Waals surface area (Å²) in [6.45, 7) is 22.0. The highest BCUT2D eigenvalue weighted by molar-refractivity contribution is 6.74. The third-order valence-corrected chi connectivity index (χ3v) is 12.4. The molecule has 0 aromatic rings. The van der Waals surface area contributed by atoms with Crippen LogP contribution in [0.25, 0.3) is 0 Å². The SMILES string of the molecule is CC12CCCCC1=C1[C@@H](O[Si](C)(C)C(C)(C)C)C(C)(C)C[C@]1(C)C2. The average molecular weight is 349 g/mol. The Morgan fingerprint density at radius 3 is 2.17 bits per heavy atom. The van der Waals surface area contributed by atoms with E-state index in [4.69, 9.17) is 4.43 Å². The van der Waals surface area contributed by atoms with Crippen LogP contribution >= 0.6 is 0 Å². The normalized spacial score (nSPS) is 39.1. The van der Waals surface area contributed by atoms with Crippen molar-refractivity contribution in [2.24, 2.45) is 16.2 Å². The topological polar surface area (TPSA) is 9.23 Å². The van der Waals surface area contributed by atoms with E-state index in [0.29, 0.717) is 16.9 Å². The minimum atomic E-state index is -1.77. The van der Waals surface area contributed by atoms with Crippen molar-refractivity contribution in [3.63, 3.8) is 0 Å². The van der Waals surface area contributed by atoms with Crippen molar-refractivity contribution in [2.45, 2.75) is 111 Å². The smallest absolute Gasteiger partial charge is 0.192 e. The standard InChI is InChI=1S/C22H40OSi/c1-19(2,3)24(8,9)23-18-17-16-12-10-11-13-21(16,6)15-22(17,7)14-20(18,4)5/h18H,10-15H2,1-9H3/t18-,21?,22-/m1/s1. The molecule has 0 N–H and O–H groups in total. The van der Waals surface area contributed by atoms with Crippen molar-refractivity contribution in [3.8, 4) is 0 Å². The molecule has 3 aliphatic carbocycles. The average Bonchev–Trinajstić information content (AvgIpc) is 2.69. The van der Waals surface area contributed by atoms with E-state index in [1.807, 2.05) is 5.57 Å². The van der Waals surface area contributed by atoms with E-state index < -0.39 is 8.32 Å². The lowest BCUT2D eigenvalue weighted by Crippen LogP contribution is -2.47. The van der Waals surface area contributed by atoms with Crippen LogP contribution in [0, 0.1) is 16.2 Å². The second kappa shape index (κ2) is 5.22. The summed E-state index contributed by atoms with van der Waals surface area (Å²) in [5.74, 6) is 0. The molecule has 0 bridgehead atoms. The van der Waals surface area contributed by atoms with Crippen molar-refractivity contribution in [1.82, 2.24) is 0 Å². The summed E-state index contributed by atoms with van der Waals surface area (Å²) in [6, 6.07) is 0. The van der Waals surface area contributed by atoms with Gasteiger partial charge in [0.1, 0.15) is 0 Å². The van der Waals surface area contributed by atoms with E-state index in [2.05, 4.69) is 61.6 Å². The van der Waals surface area contributed by atoms with Gasteiger partial charge < -0.3 is 4.43 Å². The number of hydrogen-bond acceptors (Lipinski definition) is 1. The summed E-state index contributed by atoms with van der Waals surface area (Å²) in [5.41, 5.74) is 4.68. The third kappa shape index (κ3) is 2.67. The lowest BCUT2D eigenvalue weighted by atomic mass is 9.68. The van der Waals surface area contributed by atoms with Crippen molar-refractivity contribution < 1.29 is 4.43 Å². The predicted octanol–water partition coefficient (Wildman–Crippen LogP) is 7.09. The van der Waals surface area contributed by atoms with E-state index in [1.54, 1.807) is 5.57 Å². The number of allylic oxidation sites excluding steroid dienone is 1. The molecule has 1 nitrogen and oxygen atoms in total. The number of fused-ring (bicyclic) bond motifs is 2. The highest BCUT2D eigenvalue weighted by atomic mass is 28.4. The molecule has 2 saturated carbocycles. The molecule has 2 heteroatoms. The molecule has 3 aliphatic rings. The van der Waals surface area contributed by atoms with E-state index >= 15 is 0 Å². The second-order valence-corrected chi connectivity index (χ2v) is 16.6. The minimum Gasteiger partial charge on any atom is -0.410 e. The first kappa shape index (κ1) is 18.7. The van der Waals surface area contributed by atoms with Crippen molar-refractivity contribution in [2.75, 3.05) is 0 Å². The van der Waals surface area contributed by atoms with Crippen LogP contribution in [-0.2, 0) is 4.43 Å². The van der Waals surface area contributed by atoms with Gasteiger partial charge in [0.15, 0.2) is 8.32 Å². The molecule has 3 atom stereocenters. The fraction of sp³-hybridized carbons (Fsp3) is 0.909. The first-order valence-electron chi connectivity index (χ1n) is 10.1. The van der Waals surface area contributed by atoms with Crippen LogP contribution in [0.2, 0.25) is 18.1 Å². The van der Waals surface area contributed by atoms with E-state index in [9.17, 15) is 0 Å². The van der Waals surface area contributed by atoms with Gasteiger partial charge in [-0.15, -0.1) is 0 Å². The predicted molar refractivity (Wildman–Crippen MR) is 107 cm³/mol. The van der Waals surface area contributed by atoms with Crippen LogP contribution in [0.1, 0.15) is 87.0 Å². The van der Waals surface area contributed by atoms with E-state index in [0.717, 1.165) is 0 Å². The van der Waals surface area contributed by atoms with Crippen LogP contribution in [0.3, 0.4) is 0 Å². The maximum absolute atomic E-state index is 7.13. The van der Waals surface area contributed by atoms with Crippen LogP contribution in [0.15, 0.2) is 11.1 Å². The fourth-order valence-electron chi connectivity index (χ4n) is 6.06. The summed E-state index contributed by atoms with van der Waals surface area (Å²) in [6.07, 6.45) is 8.54. The van der Waals surface area contributed by atoms with Gasteiger partial charge in [-0.05, 0) is 72.1 Å². The molecule has 0 saturated heterocycles. The summed E-state index contributed by atoms with van der Waals surface area (Å²) in [4.78, 5) is 0. The van der Waals surface area contributed by atoms with Crippen molar-refractivity contribution in [1.29, 1.82) is 0 Å². The third-order valence-electron chi connectivity index (χ3n) is 7.93. The Hall–Kier alpha value is -0.0831. The Bertz CT molecular complexity index is 565. The zero-order valence-corrected chi connectivity index (χ0v) is 18.7. The minimum absolute atomic E-state index is 0.269. The van der Waals surface area contributed by atoms with Gasteiger partial charge in [-0.2, -0.15) is 0 Å². The Morgan fingerprint density at radius 2 is 1.58 bits per heavy atom. The lowest BCUT2D eigenvalue weighted by Gasteiger charge is -2.43. The summed E-state index contributed by atoms with van der Waals surface area (Å²) in [7, 11) is -1.77. The molecule has 0 amide bonds. The summed E-state index contributed by atoms with van der Waals surface area (Å²) >= 11 is 0. The molecule has 0 aliphatic heterocycles. The van der Waals surface area contributed by atoms with Gasteiger partial charge in [0, 0.05) is 0 Å². The van der Waals surface area contributed by atoms with Crippen LogP contribution < -0.4 is 0 Å². The molecule has 0 spiro atoms. The largest absolute Gasteiger partial charge is 0.410 e. The Morgan fingerprint density at radius 1 is 0.958 bits per heavy atom. The molecular weight excluding hydrogens is 308 g/mol. The number of hydrogen-bond donors (Lipinski definition) is 0. The quantitative estimate of drug-likeness (QED) is 0.382. The Labute approximate surface area is 151 Å². The summed E-state index contributed by atoms with van der Waals surface area (Å²) < 4.78 is 7.13. The van der Waals surface area contributed by atoms with Gasteiger partial charge in [-0.3, -0.25) is 0 Å². The number of rotatable bonds is 2.